The summed E-state index contributed by atoms with van der Waals surface area (Å²) in [6, 6.07) is 18.5. The van der Waals surface area contributed by atoms with Gasteiger partial charge < -0.3 is 0 Å². The van der Waals surface area contributed by atoms with Gasteiger partial charge in [-0.1, -0.05) is 72.3 Å². The Morgan fingerprint density at radius 1 is 0.923 bits per heavy atom. The smallest absolute Gasteiger partial charge is 0.0320 e. The fourth-order valence-electron chi connectivity index (χ4n) is 6.09. The van der Waals surface area contributed by atoms with Crippen LogP contribution in [0.5, 0.6) is 0 Å². The van der Waals surface area contributed by atoms with Crippen LogP contribution in [0.25, 0.3) is 0 Å². The molecule has 128 valence electrons. The molecule has 1 heteroatoms. The van der Waals surface area contributed by atoms with Gasteiger partial charge in [0.25, 0.3) is 0 Å². The molecule has 0 nitrogen and oxygen atoms in total. The number of hydrogen-bond donors (Lipinski definition) is 0. The molecule has 6 rings (SSSR count). The van der Waals surface area contributed by atoms with Crippen molar-refractivity contribution in [3.05, 3.63) is 106 Å². The van der Waals surface area contributed by atoms with Crippen LogP contribution < -0.4 is 0 Å². The third kappa shape index (κ3) is 1.89. The summed E-state index contributed by atoms with van der Waals surface area (Å²) in [6.45, 7) is 0. The van der Waals surface area contributed by atoms with Crippen LogP contribution in [0, 0.1) is 0 Å². The summed E-state index contributed by atoms with van der Waals surface area (Å²) in [5, 5.41) is 0. The van der Waals surface area contributed by atoms with Gasteiger partial charge in [-0.05, 0) is 65.0 Å². The van der Waals surface area contributed by atoms with Crippen molar-refractivity contribution in [1.82, 2.24) is 0 Å². The lowest BCUT2D eigenvalue weighted by molar-refractivity contribution is 0.451. The van der Waals surface area contributed by atoms with Gasteiger partial charge in [0.05, 0.1) is 0 Å². The molecule has 0 amide bonds. The maximum atomic E-state index is 2.54. The molecule has 2 aromatic rings. The van der Waals surface area contributed by atoms with Crippen molar-refractivity contribution in [3.8, 4) is 0 Å². The number of rotatable bonds is 1. The Kier molecular flexibility index (Phi) is 3.24. The average molecular weight is 354 g/mol. The Labute approximate surface area is 157 Å². The highest BCUT2D eigenvalue weighted by atomic mass is 31.1. The van der Waals surface area contributed by atoms with Crippen LogP contribution in [0.2, 0.25) is 0 Å². The normalized spacial score (nSPS) is 29.2. The van der Waals surface area contributed by atoms with Crippen LogP contribution in [-0.4, -0.2) is 6.16 Å². The van der Waals surface area contributed by atoms with Crippen molar-refractivity contribution in [2.75, 3.05) is 6.16 Å². The van der Waals surface area contributed by atoms with E-state index in [1.807, 2.05) is 0 Å². The maximum absolute atomic E-state index is 2.54. The molecule has 3 aliphatic carbocycles. The first-order valence-corrected chi connectivity index (χ1v) is 11.3. The largest absolute Gasteiger partial charge is 0.113 e. The van der Waals surface area contributed by atoms with Crippen molar-refractivity contribution in [1.29, 1.82) is 0 Å². The first-order valence-electron chi connectivity index (χ1n) is 9.84. The summed E-state index contributed by atoms with van der Waals surface area (Å²) in [7, 11) is 1.02. The molecular weight excluding hydrogens is 331 g/mol. The van der Waals surface area contributed by atoms with Crippen LogP contribution in [0.4, 0.5) is 0 Å². The van der Waals surface area contributed by atoms with Gasteiger partial charge in [0.1, 0.15) is 0 Å². The van der Waals surface area contributed by atoms with Crippen molar-refractivity contribution in [2.24, 2.45) is 0 Å². The van der Waals surface area contributed by atoms with Gasteiger partial charge in [0.2, 0.25) is 0 Å². The Morgan fingerprint density at radius 2 is 1.81 bits per heavy atom. The third-order valence-corrected chi connectivity index (χ3v) is 8.26. The van der Waals surface area contributed by atoms with E-state index in [0.717, 1.165) is 8.58 Å². The lowest BCUT2D eigenvalue weighted by Gasteiger charge is -2.40. The van der Waals surface area contributed by atoms with E-state index in [1.165, 1.54) is 42.7 Å². The van der Waals surface area contributed by atoms with Gasteiger partial charge >= 0.3 is 0 Å². The van der Waals surface area contributed by atoms with Crippen molar-refractivity contribution < 1.29 is 0 Å². The van der Waals surface area contributed by atoms with E-state index in [2.05, 4.69) is 66.8 Å². The predicted molar refractivity (Wildman–Crippen MR) is 111 cm³/mol. The molecule has 26 heavy (non-hydrogen) atoms. The molecule has 0 fully saturated rings. The molecule has 0 bridgehead atoms. The SMILES string of the molecule is C1=CC2=CC[C@@]34C2=C(C1)CPCc1cccc(c13)C[C@H]4c1ccccc1. The molecule has 3 atom stereocenters. The summed E-state index contributed by atoms with van der Waals surface area (Å²) in [5.41, 5.74) is 11.6. The summed E-state index contributed by atoms with van der Waals surface area (Å²) in [6.07, 6.45) is 13.4. The maximum Gasteiger partial charge on any atom is 0.0320 e. The highest BCUT2D eigenvalue weighted by molar-refractivity contribution is 7.37. The Balaban J connectivity index is 1.68. The molecule has 0 saturated carbocycles. The Hall–Kier alpha value is -1.91. The summed E-state index contributed by atoms with van der Waals surface area (Å²) in [4.78, 5) is 0. The second kappa shape index (κ2) is 5.54. The summed E-state index contributed by atoms with van der Waals surface area (Å²) < 4.78 is 0. The van der Waals surface area contributed by atoms with Crippen LogP contribution in [0.3, 0.4) is 0 Å². The zero-order valence-corrected chi connectivity index (χ0v) is 16.0. The van der Waals surface area contributed by atoms with E-state index in [-0.39, 0.29) is 5.41 Å². The molecular formula is C25H23P. The summed E-state index contributed by atoms with van der Waals surface area (Å²) in [5.74, 6) is 0.575. The third-order valence-electron chi connectivity index (χ3n) is 6.95. The number of benzene rings is 2. The molecule has 0 N–H and O–H groups in total. The molecule has 1 heterocycles. The molecule has 0 aromatic heterocycles. The fourth-order valence-corrected chi connectivity index (χ4v) is 7.40. The van der Waals surface area contributed by atoms with Crippen molar-refractivity contribution >= 4 is 8.58 Å². The highest BCUT2D eigenvalue weighted by Gasteiger charge is 2.54. The van der Waals surface area contributed by atoms with Gasteiger partial charge in [-0.25, -0.2) is 0 Å². The van der Waals surface area contributed by atoms with Gasteiger partial charge in [0, 0.05) is 11.3 Å². The topological polar surface area (TPSA) is 0 Å². The molecule has 0 radical (unpaired) electrons. The van der Waals surface area contributed by atoms with Crippen LogP contribution in [-0.2, 0) is 18.0 Å². The fraction of sp³-hybridized carbons (Fsp3) is 0.280. The van der Waals surface area contributed by atoms with E-state index in [1.54, 1.807) is 27.8 Å². The number of hydrogen-bond acceptors (Lipinski definition) is 0. The zero-order chi connectivity index (χ0) is 17.1. The molecule has 2 aromatic carbocycles. The quantitative estimate of drug-likeness (QED) is 0.548. The van der Waals surface area contributed by atoms with Gasteiger partial charge in [-0.15, -0.1) is 8.58 Å². The van der Waals surface area contributed by atoms with E-state index >= 15 is 0 Å². The predicted octanol–water partition coefficient (Wildman–Crippen LogP) is 6.04. The highest BCUT2D eigenvalue weighted by Crippen LogP contribution is 2.63. The lowest BCUT2D eigenvalue weighted by atomic mass is 9.64. The van der Waals surface area contributed by atoms with Gasteiger partial charge in [0.15, 0.2) is 0 Å². The van der Waals surface area contributed by atoms with Gasteiger partial charge in [-0.2, -0.15) is 0 Å². The van der Waals surface area contributed by atoms with Gasteiger partial charge in [-0.3, -0.25) is 0 Å². The monoisotopic (exact) mass is 354 g/mol. The second-order valence-corrected chi connectivity index (χ2v) is 9.35. The van der Waals surface area contributed by atoms with Crippen LogP contribution >= 0.6 is 8.58 Å². The lowest BCUT2D eigenvalue weighted by Crippen LogP contribution is -2.33. The standard InChI is InChI=1S/C25H23P/c1-2-6-17(7-3-1)22-14-19-9-5-11-21-16-26-15-20-10-4-8-18-12-13-25(22,23(18)20)24(19)21/h1-9,11-12,22,26H,10,13-16H2/t22-,25+/m0/s1. The van der Waals surface area contributed by atoms with E-state index < -0.39 is 0 Å². The van der Waals surface area contributed by atoms with E-state index in [9.17, 15) is 0 Å². The van der Waals surface area contributed by atoms with E-state index in [4.69, 9.17) is 0 Å². The minimum atomic E-state index is 0.188. The van der Waals surface area contributed by atoms with Crippen LogP contribution in [0.1, 0.15) is 41.0 Å². The van der Waals surface area contributed by atoms with Crippen LogP contribution in [0.15, 0.2) is 83.5 Å². The second-order valence-electron chi connectivity index (χ2n) is 8.14. The van der Waals surface area contributed by atoms with E-state index in [0.29, 0.717) is 5.92 Å². The zero-order valence-electron chi connectivity index (χ0n) is 15.0. The molecule has 4 aliphatic rings. The summed E-state index contributed by atoms with van der Waals surface area (Å²) >= 11 is 0. The average Bonchev–Trinajstić information content (AvgIpc) is 3.22. The minimum absolute atomic E-state index is 0.188. The minimum Gasteiger partial charge on any atom is -0.113 e. The Bertz CT molecular complexity index is 992. The Morgan fingerprint density at radius 3 is 2.73 bits per heavy atom. The molecule has 1 unspecified atom stereocenters. The molecule has 0 saturated heterocycles. The van der Waals surface area contributed by atoms with Crippen molar-refractivity contribution in [3.63, 3.8) is 0 Å². The number of allylic oxidation sites excluding steroid dienone is 6. The molecule has 1 spiro atoms. The molecule has 1 aliphatic heterocycles. The first-order chi connectivity index (χ1) is 12.9. The van der Waals surface area contributed by atoms with Crippen molar-refractivity contribution in [2.45, 2.75) is 36.8 Å². The first kappa shape index (κ1) is 15.2.